The van der Waals surface area contributed by atoms with Gasteiger partial charge in [-0.1, -0.05) is 6.92 Å². The van der Waals surface area contributed by atoms with Crippen LogP contribution in [0.1, 0.15) is 26.6 Å². The third kappa shape index (κ3) is 2.90. The first-order valence-electron chi connectivity index (χ1n) is 6.69. The van der Waals surface area contributed by atoms with E-state index in [0.717, 1.165) is 44.2 Å². The minimum atomic E-state index is -0.0526. The quantitative estimate of drug-likeness (QED) is 0.864. The molecule has 0 aromatic carbocycles. The van der Waals surface area contributed by atoms with E-state index < -0.39 is 0 Å². The number of H-pyrrole nitrogens is 1. The molecule has 0 unspecified atom stereocenters. The van der Waals surface area contributed by atoms with E-state index in [1.54, 1.807) is 6.07 Å². The van der Waals surface area contributed by atoms with E-state index in [0.29, 0.717) is 6.04 Å². The van der Waals surface area contributed by atoms with Gasteiger partial charge in [-0.3, -0.25) is 9.69 Å². The van der Waals surface area contributed by atoms with E-state index in [2.05, 4.69) is 33.6 Å². The number of aryl methyl sites for hydroxylation is 1. The molecule has 1 N–H and O–H groups in total. The van der Waals surface area contributed by atoms with Gasteiger partial charge < -0.3 is 9.88 Å². The lowest BCUT2D eigenvalue weighted by molar-refractivity contribution is 0.209. The molecule has 1 aromatic rings. The minimum Gasteiger partial charge on any atom is -0.354 e. The van der Waals surface area contributed by atoms with Crippen LogP contribution in [0.3, 0.4) is 0 Å². The van der Waals surface area contributed by atoms with Gasteiger partial charge in [0.2, 0.25) is 0 Å². The zero-order valence-electron chi connectivity index (χ0n) is 11.4. The van der Waals surface area contributed by atoms with Crippen LogP contribution in [0.2, 0.25) is 0 Å². The summed E-state index contributed by atoms with van der Waals surface area (Å²) in [5.74, 6) is 1.59. The van der Waals surface area contributed by atoms with Gasteiger partial charge in [0.1, 0.15) is 11.6 Å². The fourth-order valence-corrected chi connectivity index (χ4v) is 2.29. The maximum absolute atomic E-state index is 11.6. The van der Waals surface area contributed by atoms with Crippen molar-refractivity contribution in [1.29, 1.82) is 0 Å². The van der Waals surface area contributed by atoms with E-state index in [9.17, 15) is 4.79 Å². The second kappa shape index (κ2) is 5.52. The predicted octanol–water partition coefficient (Wildman–Crippen LogP) is 0.863. The van der Waals surface area contributed by atoms with Crippen molar-refractivity contribution in [2.24, 2.45) is 0 Å². The van der Waals surface area contributed by atoms with Gasteiger partial charge >= 0.3 is 0 Å². The van der Waals surface area contributed by atoms with Gasteiger partial charge in [-0.2, -0.15) is 0 Å². The molecule has 0 spiro atoms. The molecule has 0 aliphatic carbocycles. The number of anilines is 1. The lowest BCUT2D eigenvalue weighted by Crippen LogP contribution is -2.49. The molecule has 0 bridgehead atoms. The molecule has 0 amide bonds. The Morgan fingerprint density at radius 3 is 2.56 bits per heavy atom. The average molecular weight is 250 g/mol. The second-order valence-corrected chi connectivity index (χ2v) is 5.02. The van der Waals surface area contributed by atoms with Crippen LogP contribution in [0.4, 0.5) is 5.82 Å². The Morgan fingerprint density at radius 2 is 2.00 bits per heavy atom. The molecular weight excluding hydrogens is 228 g/mol. The van der Waals surface area contributed by atoms with Crippen molar-refractivity contribution >= 4 is 5.82 Å². The number of aromatic nitrogens is 2. The highest BCUT2D eigenvalue weighted by molar-refractivity contribution is 5.38. The van der Waals surface area contributed by atoms with Gasteiger partial charge in [0, 0.05) is 44.7 Å². The Bertz CT molecular complexity index is 447. The highest BCUT2D eigenvalue weighted by atomic mass is 16.1. The van der Waals surface area contributed by atoms with Gasteiger partial charge in [0.05, 0.1) is 0 Å². The minimum absolute atomic E-state index is 0.0526. The summed E-state index contributed by atoms with van der Waals surface area (Å²) in [5, 5.41) is 0. The van der Waals surface area contributed by atoms with Crippen LogP contribution in [0.15, 0.2) is 10.9 Å². The highest BCUT2D eigenvalue weighted by Gasteiger charge is 2.20. The van der Waals surface area contributed by atoms with Crippen LogP contribution in [-0.4, -0.2) is 47.1 Å². The Labute approximate surface area is 108 Å². The van der Waals surface area contributed by atoms with Crippen molar-refractivity contribution in [2.45, 2.75) is 33.2 Å². The first-order valence-corrected chi connectivity index (χ1v) is 6.69. The summed E-state index contributed by atoms with van der Waals surface area (Å²) in [6.45, 7) is 10.4. The third-order valence-corrected chi connectivity index (χ3v) is 3.48. The highest BCUT2D eigenvalue weighted by Crippen LogP contribution is 2.13. The number of piperazine rings is 1. The Morgan fingerprint density at radius 1 is 1.33 bits per heavy atom. The second-order valence-electron chi connectivity index (χ2n) is 5.02. The van der Waals surface area contributed by atoms with Crippen LogP contribution in [-0.2, 0) is 6.42 Å². The maximum Gasteiger partial charge on any atom is 0.252 e. The lowest BCUT2D eigenvalue weighted by Gasteiger charge is -2.37. The molecule has 1 aliphatic heterocycles. The van der Waals surface area contributed by atoms with Crippen molar-refractivity contribution in [3.63, 3.8) is 0 Å². The van der Waals surface area contributed by atoms with Crippen molar-refractivity contribution in [2.75, 3.05) is 31.1 Å². The molecule has 1 aliphatic rings. The van der Waals surface area contributed by atoms with E-state index in [4.69, 9.17) is 0 Å². The zero-order chi connectivity index (χ0) is 13.1. The molecule has 2 heterocycles. The largest absolute Gasteiger partial charge is 0.354 e. The molecular formula is C13H22N4O. The molecule has 1 saturated heterocycles. The first-order chi connectivity index (χ1) is 8.60. The normalized spacial score (nSPS) is 17.4. The molecule has 5 nitrogen and oxygen atoms in total. The molecule has 1 aromatic heterocycles. The van der Waals surface area contributed by atoms with Crippen LogP contribution in [0.5, 0.6) is 0 Å². The molecule has 1 fully saturated rings. The Balaban J connectivity index is 2.09. The summed E-state index contributed by atoms with van der Waals surface area (Å²) in [6.07, 6.45) is 0.759. The fourth-order valence-electron chi connectivity index (χ4n) is 2.29. The summed E-state index contributed by atoms with van der Waals surface area (Å²) < 4.78 is 0. The Kier molecular flexibility index (Phi) is 4.01. The maximum atomic E-state index is 11.6. The zero-order valence-corrected chi connectivity index (χ0v) is 11.4. The van der Waals surface area contributed by atoms with Crippen molar-refractivity contribution in [3.8, 4) is 0 Å². The summed E-state index contributed by atoms with van der Waals surface area (Å²) in [7, 11) is 0. The number of nitrogens with zero attached hydrogens (tertiary/aromatic N) is 3. The standard InChI is InChI=1S/C13H22N4O/c1-4-11-14-12(9-13(18)15-11)17-7-5-16(6-8-17)10(2)3/h9-10H,4-8H2,1-3H3,(H,14,15,18). The summed E-state index contributed by atoms with van der Waals surface area (Å²) in [4.78, 5) is 23.5. The van der Waals surface area contributed by atoms with Gasteiger partial charge in [0.15, 0.2) is 0 Å². The summed E-state index contributed by atoms with van der Waals surface area (Å²) >= 11 is 0. The smallest absolute Gasteiger partial charge is 0.252 e. The van der Waals surface area contributed by atoms with Crippen molar-refractivity contribution < 1.29 is 0 Å². The molecule has 0 radical (unpaired) electrons. The van der Waals surface area contributed by atoms with Crippen molar-refractivity contribution in [1.82, 2.24) is 14.9 Å². The number of aromatic amines is 1. The van der Waals surface area contributed by atoms with Crippen LogP contribution >= 0.6 is 0 Å². The monoisotopic (exact) mass is 250 g/mol. The number of nitrogens with one attached hydrogen (secondary N) is 1. The van der Waals surface area contributed by atoms with Crippen LogP contribution in [0.25, 0.3) is 0 Å². The van der Waals surface area contributed by atoms with Gasteiger partial charge in [-0.05, 0) is 13.8 Å². The fraction of sp³-hybridized carbons (Fsp3) is 0.692. The van der Waals surface area contributed by atoms with Gasteiger partial charge in [-0.25, -0.2) is 4.98 Å². The van der Waals surface area contributed by atoms with Crippen LogP contribution < -0.4 is 10.5 Å². The molecule has 100 valence electrons. The molecule has 2 rings (SSSR count). The Hall–Kier alpha value is -1.36. The third-order valence-electron chi connectivity index (χ3n) is 3.48. The van der Waals surface area contributed by atoms with Crippen molar-refractivity contribution in [3.05, 3.63) is 22.2 Å². The number of hydrogen-bond acceptors (Lipinski definition) is 4. The summed E-state index contributed by atoms with van der Waals surface area (Å²) in [6, 6.07) is 2.19. The molecule has 18 heavy (non-hydrogen) atoms. The molecule has 0 saturated carbocycles. The average Bonchev–Trinajstić information content (AvgIpc) is 2.38. The number of rotatable bonds is 3. The predicted molar refractivity (Wildman–Crippen MR) is 73.2 cm³/mol. The van der Waals surface area contributed by atoms with E-state index in [1.807, 2.05) is 6.92 Å². The summed E-state index contributed by atoms with van der Waals surface area (Å²) in [5.41, 5.74) is -0.0526. The number of hydrogen-bond donors (Lipinski definition) is 1. The molecule has 5 heteroatoms. The van der Waals surface area contributed by atoms with Gasteiger partial charge in [-0.15, -0.1) is 0 Å². The van der Waals surface area contributed by atoms with Gasteiger partial charge in [0.25, 0.3) is 5.56 Å². The van der Waals surface area contributed by atoms with Crippen LogP contribution in [0, 0.1) is 0 Å². The first kappa shape index (κ1) is 13.1. The van der Waals surface area contributed by atoms with E-state index in [1.165, 1.54) is 0 Å². The van der Waals surface area contributed by atoms with E-state index >= 15 is 0 Å². The van der Waals surface area contributed by atoms with E-state index in [-0.39, 0.29) is 5.56 Å². The molecule has 0 atom stereocenters. The topological polar surface area (TPSA) is 52.2 Å². The lowest BCUT2D eigenvalue weighted by atomic mass is 10.2. The SMILES string of the molecule is CCc1nc(N2CCN(C(C)C)CC2)cc(=O)[nH]1.